The van der Waals surface area contributed by atoms with Crippen LogP contribution < -0.4 is 9.47 Å². The average molecular weight is 407 g/mol. The molecule has 0 saturated carbocycles. The standard InChI is InChI=1S/C21H23F2NO5/c1-27-17-6-4-14(11-18(17)28-2)21-19(12-25)29-8-7-24(21)20(26)10-13-3-5-15(22)16(23)9-13/h3-6,9,11,19,21,25H,7-8,10,12H2,1-2H3. The van der Waals surface area contributed by atoms with E-state index in [1.807, 2.05) is 0 Å². The number of nitrogens with zero attached hydrogens (tertiary/aromatic N) is 1. The van der Waals surface area contributed by atoms with Gasteiger partial charge in [-0.1, -0.05) is 12.1 Å². The Kier molecular flexibility index (Phi) is 6.66. The van der Waals surface area contributed by atoms with Crippen LogP contribution in [0.1, 0.15) is 17.2 Å². The van der Waals surface area contributed by atoms with E-state index in [1.54, 1.807) is 23.1 Å². The Morgan fingerprint density at radius 1 is 1.14 bits per heavy atom. The predicted octanol–water partition coefficient (Wildman–Crippen LogP) is 2.49. The van der Waals surface area contributed by atoms with Crippen LogP contribution in [0.3, 0.4) is 0 Å². The van der Waals surface area contributed by atoms with E-state index in [2.05, 4.69) is 0 Å². The fourth-order valence-corrected chi connectivity index (χ4v) is 3.52. The first-order chi connectivity index (χ1) is 14.0. The molecular weight excluding hydrogens is 384 g/mol. The highest BCUT2D eigenvalue weighted by Crippen LogP contribution is 2.36. The summed E-state index contributed by atoms with van der Waals surface area (Å²) in [5, 5.41) is 9.80. The number of halogens is 2. The lowest BCUT2D eigenvalue weighted by atomic mass is 9.97. The van der Waals surface area contributed by atoms with E-state index in [1.165, 1.54) is 20.3 Å². The molecule has 1 aliphatic heterocycles. The van der Waals surface area contributed by atoms with E-state index in [9.17, 15) is 18.7 Å². The molecule has 156 valence electrons. The summed E-state index contributed by atoms with van der Waals surface area (Å²) in [5.74, 6) is -1.22. The molecule has 1 saturated heterocycles. The SMILES string of the molecule is COc1ccc(C2C(CO)OCCN2C(=O)Cc2ccc(F)c(F)c2)cc1OC. The number of hydrogen-bond acceptors (Lipinski definition) is 5. The van der Waals surface area contributed by atoms with Crippen LogP contribution in [0.5, 0.6) is 11.5 Å². The molecule has 2 aromatic carbocycles. The Bertz CT molecular complexity index is 876. The third-order valence-corrected chi connectivity index (χ3v) is 4.94. The zero-order valence-corrected chi connectivity index (χ0v) is 16.2. The first-order valence-electron chi connectivity index (χ1n) is 9.16. The number of hydrogen-bond donors (Lipinski definition) is 1. The fourth-order valence-electron chi connectivity index (χ4n) is 3.52. The van der Waals surface area contributed by atoms with Crippen molar-refractivity contribution in [3.05, 3.63) is 59.2 Å². The summed E-state index contributed by atoms with van der Waals surface area (Å²) < 4.78 is 42.9. The van der Waals surface area contributed by atoms with E-state index in [0.717, 1.165) is 12.1 Å². The molecule has 29 heavy (non-hydrogen) atoms. The van der Waals surface area contributed by atoms with Crippen LogP contribution >= 0.6 is 0 Å². The van der Waals surface area contributed by atoms with Gasteiger partial charge in [0.05, 0.1) is 39.9 Å². The molecule has 8 heteroatoms. The lowest BCUT2D eigenvalue weighted by molar-refractivity contribution is -0.149. The Morgan fingerprint density at radius 2 is 1.90 bits per heavy atom. The van der Waals surface area contributed by atoms with Gasteiger partial charge in [-0.3, -0.25) is 4.79 Å². The van der Waals surface area contributed by atoms with Gasteiger partial charge in [-0.25, -0.2) is 8.78 Å². The normalized spacial score (nSPS) is 19.1. The molecule has 0 radical (unpaired) electrons. The van der Waals surface area contributed by atoms with Crippen molar-refractivity contribution >= 4 is 5.91 Å². The Hall–Kier alpha value is -2.71. The summed E-state index contributed by atoms with van der Waals surface area (Å²) in [5.41, 5.74) is 1.08. The summed E-state index contributed by atoms with van der Waals surface area (Å²) in [6, 6.07) is 8.06. The van der Waals surface area contributed by atoms with Crippen molar-refractivity contribution in [3.63, 3.8) is 0 Å². The molecule has 2 aromatic rings. The number of ether oxygens (including phenoxy) is 3. The maximum Gasteiger partial charge on any atom is 0.227 e. The van der Waals surface area contributed by atoms with Crippen LogP contribution in [0.2, 0.25) is 0 Å². The number of carbonyl (C=O) groups is 1. The van der Waals surface area contributed by atoms with Crippen LogP contribution in [0, 0.1) is 11.6 Å². The van der Waals surface area contributed by atoms with Crippen LogP contribution in [-0.4, -0.2) is 56.0 Å². The Labute approximate surface area is 167 Å². The number of amides is 1. The second kappa shape index (κ2) is 9.19. The monoisotopic (exact) mass is 407 g/mol. The van der Waals surface area contributed by atoms with E-state index < -0.39 is 23.8 Å². The van der Waals surface area contributed by atoms with Gasteiger partial charge in [0.15, 0.2) is 23.1 Å². The van der Waals surface area contributed by atoms with Crippen molar-refractivity contribution < 1.29 is 32.9 Å². The lowest BCUT2D eigenvalue weighted by Crippen LogP contribution is -2.50. The largest absolute Gasteiger partial charge is 0.493 e. The molecule has 1 amide bonds. The van der Waals surface area contributed by atoms with E-state index >= 15 is 0 Å². The van der Waals surface area contributed by atoms with Gasteiger partial charge in [0, 0.05) is 6.54 Å². The zero-order valence-electron chi connectivity index (χ0n) is 16.2. The molecule has 1 aliphatic rings. The summed E-state index contributed by atoms with van der Waals surface area (Å²) in [6.07, 6.45) is -0.727. The molecule has 0 aromatic heterocycles. The topological polar surface area (TPSA) is 68.2 Å². The van der Waals surface area contributed by atoms with Crippen molar-refractivity contribution in [1.29, 1.82) is 0 Å². The van der Waals surface area contributed by atoms with Gasteiger partial charge in [-0.15, -0.1) is 0 Å². The fraction of sp³-hybridized carbons (Fsp3) is 0.381. The number of benzene rings is 2. The van der Waals surface area contributed by atoms with Crippen LogP contribution in [0.15, 0.2) is 36.4 Å². The second-order valence-corrected chi connectivity index (χ2v) is 6.66. The highest BCUT2D eigenvalue weighted by Gasteiger charge is 2.36. The first-order valence-corrected chi connectivity index (χ1v) is 9.16. The minimum atomic E-state index is -0.998. The van der Waals surface area contributed by atoms with Crippen molar-refractivity contribution in [2.45, 2.75) is 18.6 Å². The second-order valence-electron chi connectivity index (χ2n) is 6.66. The smallest absolute Gasteiger partial charge is 0.227 e. The maximum absolute atomic E-state index is 13.5. The number of carbonyl (C=O) groups excluding carboxylic acids is 1. The molecule has 1 heterocycles. The molecule has 1 N–H and O–H groups in total. The number of aliphatic hydroxyl groups is 1. The Balaban J connectivity index is 1.90. The molecule has 3 rings (SSSR count). The molecule has 0 spiro atoms. The number of methoxy groups -OCH3 is 2. The molecule has 0 aliphatic carbocycles. The van der Waals surface area contributed by atoms with Crippen molar-refractivity contribution in [2.24, 2.45) is 0 Å². The van der Waals surface area contributed by atoms with Crippen LogP contribution in [0.25, 0.3) is 0 Å². The highest BCUT2D eigenvalue weighted by molar-refractivity contribution is 5.79. The van der Waals surface area contributed by atoms with E-state index in [4.69, 9.17) is 14.2 Å². The summed E-state index contributed by atoms with van der Waals surface area (Å²) in [6.45, 7) is 0.282. The van der Waals surface area contributed by atoms with Crippen molar-refractivity contribution in [1.82, 2.24) is 4.90 Å². The van der Waals surface area contributed by atoms with Gasteiger partial charge >= 0.3 is 0 Å². The number of rotatable bonds is 6. The predicted molar refractivity (Wildman–Crippen MR) is 101 cm³/mol. The quantitative estimate of drug-likeness (QED) is 0.797. The lowest BCUT2D eigenvalue weighted by Gasteiger charge is -2.41. The molecule has 1 fully saturated rings. The van der Waals surface area contributed by atoms with Crippen LogP contribution in [-0.2, 0) is 16.0 Å². The van der Waals surface area contributed by atoms with Gasteiger partial charge < -0.3 is 24.2 Å². The third kappa shape index (κ3) is 4.49. The summed E-state index contributed by atoms with van der Waals surface area (Å²) >= 11 is 0. The molecular formula is C21H23F2NO5. The minimum absolute atomic E-state index is 0.0981. The number of aliphatic hydroxyl groups excluding tert-OH is 1. The van der Waals surface area contributed by atoms with Crippen LogP contribution in [0.4, 0.5) is 8.78 Å². The van der Waals surface area contributed by atoms with Gasteiger partial charge in [0.25, 0.3) is 0 Å². The molecule has 2 unspecified atom stereocenters. The summed E-state index contributed by atoms with van der Waals surface area (Å²) in [7, 11) is 3.03. The highest BCUT2D eigenvalue weighted by atomic mass is 19.2. The molecule has 6 nitrogen and oxygen atoms in total. The van der Waals surface area contributed by atoms with E-state index in [-0.39, 0.29) is 25.5 Å². The molecule has 2 atom stereocenters. The average Bonchev–Trinajstić information content (AvgIpc) is 2.75. The minimum Gasteiger partial charge on any atom is -0.493 e. The Morgan fingerprint density at radius 3 is 2.55 bits per heavy atom. The van der Waals surface area contributed by atoms with Crippen molar-refractivity contribution in [3.8, 4) is 11.5 Å². The maximum atomic E-state index is 13.5. The number of morpholine rings is 1. The van der Waals surface area contributed by atoms with Crippen molar-refractivity contribution in [2.75, 3.05) is 34.0 Å². The zero-order chi connectivity index (χ0) is 21.0. The molecule has 0 bridgehead atoms. The van der Waals surface area contributed by atoms with Gasteiger partial charge in [0.2, 0.25) is 5.91 Å². The summed E-state index contributed by atoms with van der Waals surface area (Å²) in [4.78, 5) is 14.6. The van der Waals surface area contributed by atoms with E-state index in [0.29, 0.717) is 29.2 Å². The van der Waals surface area contributed by atoms with Gasteiger partial charge in [-0.2, -0.15) is 0 Å². The van der Waals surface area contributed by atoms with Gasteiger partial charge in [-0.05, 0) is 35.4 Å². The first kappa shape index (κ1) is 21.0. The van der Waals surface area contributed by atoms with Gasteiger partial charge in [0.1, 0.15) is 6.10 Å². The third-order valence-electron chi connectivity index (χ3n) is 4.94.